The summed E-state index contributed by atoms with van der Waals surface area (Å²) in [5.41, 5.74) is -11.5. The maximum absolute atomic E-state index is 15.3. The number of carboxylic acid groups (broad SMARTS) is 1. The molecule has 57 heteroatoms. The molecule has 1 unspecified atom stereocenters. The van der Waals surface area contributed by atoms with Crippen LogP contribution >= 0.6 is 0 Å². The van der Waals surface area contributed by atoms with E-state index in [0.29, 0.717) is 0 Å². The Balaban J connectivity index is 9.16. The van der Waals surface area contributed by atoms with Crippen LogP contribution in [0, 0.1) is 5.41 Å². The largest absolute Gasteiger partial charge is 0.480 e. The molecular formula is C28HF55O2. The monoisotopic (exact) mass is 1410 g/mol. The van der Waals surface area contributed by atoms with E-state index >= 15 is 17.6 Å². The van der Waals surface area contributed by atoms with E-state index in [-0.39, 0.29) is 0 Å². The third-order valence-electron chi connectivity index (χ3n) is 10.7. The molecule has 0 fully saturated rings. The third-order valence-corrected chi connectivity index (χ3v) is 10.7. The van der Waals surface area contributed by atoms with Gasteiger partial charge in [-0.1, -0.05) is 0 Å². The van der Waals surface area contributed by atoms with E-state index in [9.17, 15) is 229 Å². The predicted molar refractivity (Wildman–Crippen MR) is 142 cm³/mol. The lowest BCUT2D eigenvalue weighted by Gasteiger charge is -2.52. The minimum Gasteiger partial charge on any atom is -0.480 e. The molecule has 0 aliphatic rings. The third kappa shape index (κ3) is 8.64. The molecule has 0 aromatic heterocycles. The normalized spacial score (nSPS) is 18.0. The fourth-order valence-corrected chi connectivity index (χ4v) is 5.58. The number of carbonyl (C=O) groups is 1. The summed E-state index contributed by atoms with van der Waals surface area (Å²) < 4.78 is 764. The molecule has 1 atom stereocenters. The van der Waals surface area contributed by atoms with Gasteiger partial charge in [-0.2, -0.15) is 241 Å². The minimum atomic E-state index is -11.8. The highest BCUT2D eigenvalue weighted by atomic mass is 19.5. The number of hydrogen-bond donors (Lipinski definition) is 1. The molecule has 85 heavy (non-hydrogen) atoms. The van der Waals surface area contributed by atoms with Crippen LogP contribution in [0.2, 0.25) is 0 Å². The van der Waals surface area contributed by atoms with Crippen LogP contribution in [-0.2, 0) is 4.79 Å². The van der Waals surface area contributed by atoms with Crippen LogP contribution in [0.25, 0.3) is 0 Å². The van der Waals surface area contributed by atoms with Crippen LogP contribution in [0.15, 0.2) is 0 Å². The molecule has 0 spiro atoms. The molecule has 510 valence electrons. The van der Waals surface area contributed by atoms with E-state index in [4.69, 9.17) is 5.11 Å². The molecule has 0 heterocycles. The van der Waals surface area contributed by atoms with Crippen molar-refractivity contribution in [3.8, 4) is 0 Å². The van der Waals surface area contributed by atoms with Gasteiger partial charge in [0.15, 0.2) is 0 Å². The van der Waals surface area contributed by atoms with Crippen molar-refractivity contribution < 1.29 is 251 Å². The van der Waals surface area contributed by atoms with E-state index < -0.39 is 166 Å². The molecule has 0 aromatic carbocycles. The summed E-state index contributed by atoms with van der Waals surface area (Å²) in [4.78, 5) is 11.3. The molecule has 0 rings (SSSR count). The lowest BCUT2D eigenvalue weighted by molar-refractivity contribution is -0.504. The predicted octanol–water partition coefficient (Wildman–Crippen LogP) is 17.4. The maximum Gasteiger partial charge on any atom is 0.460 e. The summed E-state index contributed by atoms with van der Waals surface area (Å²) in [6, 6.07) is 0. The number of aliphatic carboxylic acids is 1. The Morgan fingerprint density at radius 3 is 0.306 bits per heavy atom. The topological polar surface area (TPSA) is 37.3 Å². The standard InChI is InChI=1S/C28HF55O2/c29-3(30,2(1(84)85,5(33,34)26(75,76)77)4(31,32)7(37,38)9(41,42)11(45,46)20(63,64)22(67,68)24(71,72)27(78,79)80)6(35,36)8(39,40)10(43,44)12(47,48)13(49,50)14(51,52)15(53,54)16(55,56)17(57,58)18(59,60)19(61,62)21(65,66)23(69,70)25(73,74)28(81,82)83/h(H,84,85). The van der Waals surface area contributed by atoms with Crippen molar-refractivity contribution in [1.29, 1.82) is 0 Å². The van der Waals surface area contributed by atoms with Gasteiger partial charge in [0, 0.05) is 0 Å². The molecule has 0 saturated carbocycles. The first kappa shape index (κ1) is 80.6. The highest BCUT2D eigenvalue weighted by molar-refractivity contribution is 5.80. The van der Waals surface area contributed by atoms with Gasteiger partial charge in [0.1, 0.15) is 0 Å². The van der Waals surface area contributed by atoms with Crippen molar-refractivity contribution in [2.75, 3.05) is 0 Å². The molecule has 0 aliphatic heterocycles. The summed E-state index contributed by atoms with van der Waals surface area (Å²) in [6.45, 7) is 0. The van der Waals surface area contributed by atoms with E-state index in [2.05, 4.69) is 0 Å². The molecule has 0 radical (unpaired) electrons. The van der Waals surface area contributed by atoms with Crippen molar-refractivity contribution in [3.05, 3.63) is 0 Å². The summed E-state index contributed by atoms with van der Waals surface area (Å²) in [7, 11) is 0. The maximum atomic E-state index is 15.3. The van der Waals surface area contributed by atoms with Crippen molar-refractivity contribution in [3.63, 3.8) is 0 Å². The van der Waals surface area contributed by atoms with Crippen LogP contribution in [0.4, 0.5) is 241 Å². The van der Waals surface area contributed by atoms with Crippen molar-refractivity contribution in [2.45, 2.75) is 155 Å². The van der Waals surface area contributed by atoms with E-state index in [1.165, 1.54) is 0 Å². The molecule has 0 saturated heterocycles. The first-order valence-corrected chi connectivity index (χ1v) is 17.6. The zero-order valence-corrected chi connectivity index (χ0v) is 35.6. The van der Waals surface area contributed by atoms with E-state index in [1.807, 2.05) is 0 Å². The molecular weight excluding hydrogens is 1410 g/mol. The summed E-state index contributed by atoms with van der Waals surface area (Å²) in [6.07, 6.45) is -27.6. The van der Waals surface area contributed by atoms with Crippen LogP contribution in [0.5, 0.6) is 0 Å². The first-order chi connectivity index (χ1) is 35.4. The molecule has 0 aromatic rings. The molecule has 0 amide bonds. The Kier molecular flexibility index (Phi) is 18.1. The van der Waals surface area contributed by atoms with E-state index in [1.54, 1.807) is 0 Å². The van der Waals surface area contributed by atoms with Crippen LogP contribution < -0.4 is 0 Å². The smallest absolute Gasteiger partial charge is 0.460 e. The quantitative estimate of drug-likeness (QED) is 0.0978. The number of rotatable bonds is 24. The Bertz CT molecular complexity index is 2450. The second-order valence-corrected chi connectivity index (χ2v) is 15.8. The Morgan fingerprint density at radius 2 is 0.224 bits per heavy atom. The van der Waals surface area contributed by atoms with Gasteiger partial charge in [0.05, 0.1) is 0 Å². The Labute approximate surface area is 419 Å². The molecule has 0 bridgehead atoms. The van der Waals surface area contributed by atoms with Crippen molar-refractivity contribution >= 4 is 5.97 Å². The van der Waals surface area contributed by atoms with Crippen molar-refractivity contribution in [2.24, 2.45) is 5.41 Å². The highest BCUT2D eigenvalue weighted by Crippen LogP contribution is 2.76. The second kappa shape index (κ2) is 19.1. The van der Waals surface area contributed by atoms with Gasteiger partial charge in [0.2, 0.25) is 0 Å². The fraction of sp³-hybridized carbons (Fsp3) is 0.964. The average molecular weight is 1410 g/mol. The van der Waals surface area contributed by atoms with Gasteiger partial charge < -0.3 is 5.11 Å². The number of halogens is 55. The Hall–Kier alpha value is -4.38. The van der Waals surface area contributed by atoms with Crippen LogP contribution in [0.3, 0.4) is 0 Å². The second-order valence-electron chi connectivity index (χ2n) is 15.8. The number of hydrogen-bond acceptors (Lipinski definition) is 1. The molecule has 1 N–H and O–H groups in total. The van der Waals surface area contributed by atoms with Crippen molar-refractivity contribution in [1.82, 2.24) is 0 Å². The molecule has 0 aliphatic carbocycles. The minimum absolute atomic E-state index is 7.37. The van der Waals surface area contributed by atoms with Gasteiger partial charge in [-0.3, -0.25) is 4.79 Å². The van der Waals surface area contributed by atoms with Gasteiger partial charge in [-0.05, 0) is 0 Å². The van der Waals surface area contributed by atoms with Gasteiger partial charge in [0.25, 0.3) is 5.41 Å². The zero-order valence-electron chi connectivity index (χ0n) is 35.6. The van der Waals surface area contributed by atoms with Gasteiger partial charge >= 0.3 is 161 Å². The summed E-state index contributed by atoms with van der Waals surface area (Å²) in [5.74, 6) is -256. The summed E-state index contributed by atoms with van der Waals surface area (Å²) in [5, 5.41) is 8.43. The van der Waals surface area contributed by atoms with Crippen LogP contribution in [0.1, 0.15) is 0 Å². The lowest BCUT2D eigenvalue weighted by atomic mass is 9.63. The zero-order chi connectivity index (χ0) is 71.1. The molecule has 2 nitrogen and oxygen atoms in total. The van der Waals surface area contributed by atoms with Crippen LogP contribution in [-0.4, -0.2) is 166 Å². The fourth-order valence-electron chi connectivity index (χ4n) is 5.58. The van der Waals surface area contributed by atoms with Gasteiger partial charge in [-0.25, -0.2) is 0 Å². The first-order valence-electron chi connectivity index (χ1n) is 17.6. The average Bonchev–Trinajstić information content (AvgIpc) is 3.23. The van der Waals surface area contributed by atoms with Gasteiger partial charge in [-0.15, -0.1) is 0 Å². The lowest BCUT2D eigenvalue weighted by Crippen LogP contribution is -2.85. The number of alkyl halides is 55. The Morgan fingerprint density at radius 1 is 0.141 bits per heavy atom. The number of carboxylic acids is 1. The summed E-state index contributed by atoms with van der Waals surface area (Å²) >= 11 is 0. The van der Waals surface area contributed by atoms with E-state index in [0.717, 1.165) is 0 Å². The SMILES string of the molecule is O=C(O)C(C(F)(F)C(F)(F)F)(C(F)(F)C(F)(F)C(F)(F)C(F)(F)C(F)(F)C(F)(F)C(F)(F)C(F)(F)F)C(F)(F)C(F)(F)C(F)(F)C(F)(F)C(F)(F)C(F)(F)C(F)(F)C(F)(F)C(F)(F)C(F)(F)C(F)(F)C(F)(F)C(F)(F)C(F)(F)C(F)(F)C(F)(F)F. The highest BCUT2D eigenvalue weighted by Gasteiger charge is 3.08.